The smallest absolute Gasteiger partial charge is 0.226 e. The molecule has 0 aliphatic rings. The van der Waals surface area contributed by atoms with E-state index < -0.39 is 0 Å². The first-order valence-corrected chi connectivity index (χ1v) is 7.56. The normalized spacial score (nSPS) is 10.6. The first-order chi connectivity index (χ1) is 10.7. The number of nitrogens with zero attached hydrogens (tertiary/aromatic N) is 2. The quantitative estimate of drug-likeness (QED) is 0.736. The molecule has 2 aromatic heterocycles. The highest BCUT2D eigenvalue weighted by molar-refractivity contribution is 9.10. The lowest BCUT2D eigenvalue weighted by molar-refractivity contribution is 0.572. The number of nitrogens with one attached hydrogen (secondary N) is 1. The van der Waals surface area contributed by atoms with Gasteiger partial charge in [0.2, 0.25) is 5.89 Å². The van der Waals surface area contributed by atoms with Gasteiger partial charge in [-0.3, -0.25) is 0 Å². The molecule has 0 fully saturated rings. The highest BCUT2D eigenvalue weighted by Crippen LogP contribution is 2.19. The van der Waals surface area contributed by atoms with E-state index >= 15 is 0 Å². The minimum absolute atomic E-state index is 0.276. The van der Waals surface area contributed by atoms with Crippen LogP contribution in [0.5, 0.6) is 0 Å². The lowest BCUT2D eigenvalue weighted by Gasteiger charge is -2.03. The van der Waals surface area contributed by atoms with E-state index in [1.54, 1.807) is 24.6 Å². The van der Waals surface area contributed by atoms with Gasteiger partial charge in [0.05, 0.1) is 5.69 Å². The number of oxazole rings is 1. The van der Waals surface area contributed by atoms with E-state index in [2.05, 4.69) is 31.2 Å². The van der Waals surface area contributed by atoms with Gasteiger partial charge in [-0.2, -0.15) is 0 Å². The third-order valence-corrected chi connectivity index (χ3v) is 3.53. The average molecular weight is 362 g/mol. The average Bonchev–Trinajstić information content (AvgIpc) is 2.99. The molecule has 0 atom stereocenters. The first kappa shape index (κ1) is 14.7. The van der Waals surface area contributed by atoms with Crippen LogP contribution < -0.4 is 5.32 Å². The Morgan fingerprint density at radius 3 is 2.68 bits per heavy atom. The van der Waals surface area contributed by atoms with Crippen LogP contribution in [0.1, 0.15) is 5.69 Å². The molecule has 3 rings (SSSR count). The number of pyridine rings is 1. The molecule has 22 heavy (non-hydrogen) atoms. The molecule has 1 N–H and O–H groups in total. The van der Waals surface area contributed by atoms with Crippen molar-refractivity contribution in [1.29, 1.82) is 0 Å². The molecule has 0 spiro atoms. The molecule has 0 saturated carbocycles. The molecule has 0 unspecified atom stereocenters. The second-order valence-corrected chi connectivity index (χ2v) is 5.60. The topological polar surface area (TPSA) is 51.0 Å². The number of hydrogen-bond acceptors (Lipinski definition) is 4. The summed E-state index contributed by atoms with van der Waals surface area (Å²) in [5.41, 5.74) is 1.60. The summed E-state index contributed by atoms with van der Waals surface area (Å²) in [6.45, 7) is 0.698. The lowest BCUT2D eigenvalue weighted by Crippen LogP contribution is -2.06. The summed E-state index contributed by atoms with van der Waals surface area (Å²) in [5.74, 6) is 1.03. The van der Waals surface area contributed by atoms with Crippen LogP contribution in [-0.4, -0.2) is 16.5 Å². The molecule has 6 heteroatoms. The van der Waals surface area contributed by atoms with Crippen LogP contribution in [0, 0.1) is 5.82 Å². The van der Waals surface area contributed by atoms with Crippen molar-refractivity contribution in [2.24, 2.45) is 0 Å². The molecule has 0 amide bonds. The van der Waals surface area contributed by atoms with E-state index in [4.69, 9.17) is 4.42 Å². The SMILES string of the molecule is Fc1ccc(-c2nc(CCNc3ccc(Br)cn3)co2)cc1. The van der Waals surface area contributed by atoms with Crippen molar-refractivity contribution in [2.45, 2.75) is 6.42 Å². The molecular formula is C16H13BrFN3O. The van der Waals surface area contributed by atoms with Crippen molar-refractivity contribution in [1.82, 2.24) is 9.97 Å². The third-order valence-electron chi connectivity index (χ3n) is 3.06. The molecule has 0 saturated heterocycles. The van der Waals surface area contributed by atoms with Gasteiger partial charge < -0.3 is 9.73 Å². The lowest BCUT2D eigenvalue weighted by atomic mass is 10.2. The van der Waals surface area contributed by atoms with Crippen LogP contribution in [0.3, 0.4) is 0 Å². The summed E-state index contributed by atoms with van der Waals surface area (Å²) < 4.78 is 19.3. The van der Waals surface area contributed by atoms with Crippen LogP contribution in [0.15, 0.2) is 57.7 Å². The summed E-state index contributed by atoms with van der Waals surface area (Å²) in [4.78, 5) is 8.63. The molecule has 4 nitrogen and oxygen atoms in total. The number of aromatic nitrogens is 2. The van der Waals surface area contributed by atoms with Crippen molar-refractivity contribution in [2.75, 3.05) is 11.9 Å². The Kier molecular flexibility index (Phi) is 4.48. The summed E-state index contributed by atoms with van der Waals surface area (Å²) in [6, 6.07) is 9.90. The predicted molar refractivity (Wildman–Crippen MR) is 86.0 cm³/mol. The molecule has 1 aromatic carbocycles. The fourth-order valence-corrected chi connectivity index (χ4v) is 2.18. The standard InChI is InChI=1S/C16H13BrFN3O/c17-12-3-6-15(20-9-12)19-8-7-14-10-22-16(21-14)11-1-4-13(18)5-2-11/h1-6,9-10H,7-8H2,(H,19,20). The van der Waals surface area contributed by atoms with E-state index in [-0.39, 0.29) is 5.82 Å². The maximum absolute atomic E-state index is 12.9. The largest absolute Gasteiger partial charge is 0.444 e. The van der Waals surface area contributed by atoms with Gasteiger partial charge in [-0.1, -0.05) is 0 Å². The molecule has 2 heterocycles. The zero-order chi connectivity index (χ0) is 15.4. The van der Waals surface area contributed by atoms with Crippen molar-refractivity contribution in [3.8, 4) is 11.5 Å². The van der Waals surface area contributed by atoms with Gasteiger partial charge in [0.1, 0.15) is 17.9 Å². The summed E-state index contributed by atoms with van der Waals surface area (Å²) in [6.07, 6.45) is 4.07. The van der Waals surface area contributed by atoms with Crippen LogP contribution in [-0.2, 0) is 6.42 Å². The number of rotatable bonds is 5. The zero-order valence-corrected chi connectivity index (χ0v) is 13.2. The molecule has 112 valence electrons. The summed E-state index contributed by atoms with van der Waals surface area (Å²) in [5, 5.41) is 3.21. The monoisotopic (exact) mass is 361 g/mol. The van der Waals surface area contributed by atoms with Crippen LogP contribution in [0.25, 0.3) is 11.5 Å². The van der Waals surface area contributed by atoms with Gasteiger partial charge in [-0.15, -0.1) is 0 Å². The fourth-order valence-electron chi connectivity index (χ4n) is 1.95. The second-order valence-electron chi connectivity index (χ2n) is 4.69. The molecular weight excluding hydrogens is 349 g/mol. The van der Waals surface area contributed by atoms with Gasteiger partial charge in [0.25, 0.3) is 0 Å². The van der Waals surface area contributed by atoms with E-state index in [1.165, 1.54) is 12.1 Å². The second kappa shape index (κ2) is 6.70. The summed E-state index contributed by atoms with van der Waals surface area (Å²) >= 11 is 3.34. The minimum Gasteiger partial charge on any atom is -0.444 e. The summed E-state index contributed by atoms with van der Waals surface area (Å²) in [7, 11) is 0. The van der Waals surface area contributed by atoms with E-state index in [1.807, 2.05) is 12.1 Å². The number of hydrogen-bond donors (Lipinski definition) is 1. The van der Waals surface area contributed by atoms with Crippen molar-refractivity contribution >= 4 is 21.7 Å². The fraction of sp³-hybridized carbons (Fsp3) is 0.125. The molecule has 0 bridgehead atoms. The molecule has 3 aromatic rings. The zero-order valence-electron chi connectivity index (χ0n) is 11.6. The number of benzene rings is 1. The van der Waals surface area contributed by atoms with Crippen LogP contribution in [0.4, 0.5) is 10.2 Å². The maximum atomic E-state index is 12.9. The Labute approximate surface area is 135 Å². The number of anilines is 1. The Balaban J connectivity index is 1.57. The minimum atomic E-state index is -0.276. The maximum Gasteiger partial charge on any atom is 0.226 e. The number of halogens is 2. The Hall–Kier alpha value is -2.21. The van der Waals surface area contributed by atoms with Crippen molar-refractivity contribution in [3.63, 3.8) is 0 Å². The highest BCUT2D eigenvalue weighted by atomic mass is 79.9. The Bertz CT molecular complexity index is 741. The molecule has 0 radical (unpaired) electrons. The van der Waals surface area contributed by atoms with Gasteiger partial charge in [0, 0.05) is 29.2 Å². The van der Waals surface area contributed by atoms with Gasteiger partial charge >= 0.3 is 0 Å². The Morgan fingerprint density at radius 2 is 1.95 bits per heavy atom. The van der Waals surface area contributed by atoms with E-state index in [9.17, 15) is 4.39 Å². The van der Waals surface area contributed by atoms with Crippen LogP contribution in [0.2, 0.25) is 0 Å². The van der Waals surface area contributed by atoms with Gasteiger partial charge in [0.15, 0.2) is 0 Å². The van der Waals surface area contributed by atoms with Gasteiger partial charge in [-0.05, 0) is 52.3 Å². The van der Waals surface area contributed by atoms with Gasteiger partial charge in [-0.25, -0.2) is 14.4 Å². The third kappa shape index (κ3) is 3.71. The van der Waals surface area contributed by atoms with E-state index in [0.717, 1.165) is 21.5 Å². The molecule has 0 aliphatic carbocycles. The highest BCUT2D eigenvalue weighted by Gasteiger charge is 2.06. The predicted octanol–water partition coefficient (Wildman–Crippen LogP) is 4.29. The van der Waals surface area contributed by atoms with Crippen LogP contribution >= 0.6 is 15.9 Å². The van der Waals surface area contributed by atoms with E-state index in [0.29, 0.717) is 18.9 Å². The molecule has 0 aliphatic heterocycles. The Morgan fingerprint density at radius 1 is 1.14 bits per heavy atom. The van der Waals surface area contributed by atoms with Crippen molar-refractivity contribution < 1.29 is 8.81 Å². The first-order valence-electron chi connectivity index (χ1n) is 6.76. The van der Waals surface area contributed by atoms with Crippen molar-refractivity contribution in [3.05, 3.63) is 64.8 Å².